The molecule has 1 rings (SSSR count). The third-order valence-corrected chi connectivity index (χ3v) is 0.870. The quantitative estimate of drug-likeness (QED) is 0.412. The lowest BCUT2D eigenvalue weighted by Crippen LogP contribution is -1.80. The Morgan fingerprint density at radius 2 is 1.90 bits per heavy atom. The van der Waals surface area contributed by atoms with Gasteiger partial charge in [0.05, 0.1) is 0 Å². The smallest absolute Gasteiger partial charge is 0.117 e. The first-order chi connectivity index (χ1) is 4.79. The molecule has 4 heteroatoms. The molecule has 10 heavy (non-hydrogen) atoms. The summed E-state index contributed by atoms with van der Waals surface area (Å²) in [6.07, 6.45) is 0. The lowest BCUT2D eigenvalue weighted by Gasteiger charge is -1.90. The number of hydrogen-bond donors (Lipinski definition) is 2. The van der Waals surface area contributed by atoms with Crippen LogP contribution < -0.4 is 5.73 Å². The lowest BCUT2D eigenvalue weighted by atomic mass is 10.3. The van der Waals surface area contributed by atoms with Crippen molar-refractivity contribution in [2.24, 2.45) is 0 Å². The fourth-order valence-corrected chi connectivity index (χ4v) is 0.525. The molecule has 0 atom stereocenters. The lowest BCUT2D eigenvalue weighted by molar-refractivity contribution is 0.475. The topological polar surface area (TPSA) is 93.8 Å². The van der Waals surface area contributed by atoms with Gasteiger partial charge in [0.15, 0.2) is 0 Å². The Hall–Kier alpha value is -1.76. The van der Waals surface area contributed by atoms with Crippen molar-refractivity contribution in [3.63, 3.8) is 0 Å². The van der Waals surface area contributed by atoms with Gasteiger partial charge in [-0.15, -0.1) is 0 Å². The number of hydrogen-bond acceptors (Lipinski definition) is 4. The molecule has 52 valence electrons. The average Bonchev–Trinajstić information content (AvgIpc) is 1.91. The van der Waals surface area contributed by atoms with Crippen molar-refractivity contribution >= 4 is 5.69 Å². The van der Waals surface area contributed by atoms with Gasteiger partial charge in [-0.25, -0.2) is 0 Å². The van der Waals surface area contributed by atoms with Crippen LogP contribution in [-0.4, -0.2) is 5.11 Å². The van der Waals surface area contributed by atoms with Crippen molar-refractivity contribution in [3.8, 4) is 5.75 Å². The normalized spacial score (nSPS) is 7.40. The second-order valence-electron chi connectivity index (χ2n) is 1.59. The van der Waals surface area contributed by atoms with E-state index < -0.39 is 0 Å². The minimum atomic E-state index is 0.213. The third-order valence-electron chi connectivity index (χ3n) is 0.870. The molecule has 3 N–H and O–H groups in total. The summed E-state index contributed by atoms with van der Waals surface area (Å²) in [5.41, 5.74) is 5.89. The van der Waals surface area contributed by atoms with Crippen molar-refractivity contribution in [2.75, 3.05) is 5.73 Å². The van der Waals surface area contributed by atoms with Crippen LogP contribution in [0.3, 0.4) is 0 Å². The molecule has 0 aliphatic rings. The molecule has 0 fully saturated rings. The molecule has 0 aliphatic heterocycles. The summed E-state index contributed by atoms with van der Waals surface area (Å²) in [6.45, 7) is 0. The number of phenolic OH excluding ortho intramolecular Hbond substituents is 1. The summed E-state index contributed by atoms with van der Waals surface area (Å²) in [7, 11) is 0. The SMILES string of the molecule is N#N.Nc1cccc(O)c1. The molecule has 0 saturated carbocycles. The van der Waals surface area contributed by atoms with E-state index in [4.69, 9.17) is 21.6 Å². The van der Waals surface area contributed by atoms with Gasteiger partial charge < -0.3 is 10.8 Å². The Balaban J connectivity index is 0.000000371. The van der Waals surface area contributed by atoms with Crippen molar-refractivity contribution < 1.29 is 5.11 Å². The molecule has 0 aromatic heterocycles. The van der Waals surface area contributed by atoms with Crippen LogP contribution in [0.5, 0.6) is 5.75 Å². The van der Waals surface area contributed by atoms with Crippen molar-refractivity contribution in [3.05, 3.63) is 24.3 Å². The highest BCUT2D eigenvalue weighted by molar-refractivity contribution is 5.42. The maximum absolute atomic E-state index is 8.73. The molecular weight excluding hydrogens is 130 g/mol. The monoisotopic (exact) mass is 137 g/mol. The molecule has 0 heterocycles. The van der Waals surface area contributed by atoms with Gasteiger partial charge in [-0.3, -0.25) is 0 Å². The van der Waals surface area contributed by atoms with Crippen LogP contribution >= 0.6 is 0 Å². The summed E-state index contributed by atoms with van der Waals surface area (Å²) in [6, 6.07) is 6.50. The number of phenols is 1. The highest BCUT2D eigenvalue weighted by Crippen LogP contribution is 2.10. The largest absolute Gasteiger partial charge is 0.508 e. The second kappa shape index (κ2) is 4.15. The van der Waals surface area contributed by atoms with Crippen molar-refractivity contribution in [1.82, 2.24) is 0 Å². The molecule has 0 unspecified atom stereocenters. The van der Waals surface area contributed by atoms with Gasteiger partial charge in [-0.2, -0.15) is 0 Å². The molecule has 0 spiro atoms. The molecule has 0 amide bonds. The number of benzene rings is 1. The standard InChI is InChI=1S/C6H7NO.N2/c7-5-2-1-3-6(8)4-5;1-2/h1-4,8H,7H2;. The molecule has 4 nitrogen and oxygen atoms in total. The predicted molar refractivity (Wildman–Crippen MR) is 36.0 cm³/mol. The molecule has 0 bridgehead atoms. The van der Waals surface area contributed by atoms with Crippen LogP contribution in [-0.2, 0) is 0 Å². The maximum Gasteiger partial charge on any atom is 0.117 e. The fraction of sp³-hybridized carbons (Fsp3) is 0. The molecule has 0 radical (unpaired) electrons. The number of anilines is 1. The summed E-state index contributed by atoms with van der Waals surface area (Å²) >= 11 is 0. The number of nitrogens with zero attached hydrogens (tertiary/aromatic N) is 2. The van der Waals surface area contributed by atoms with Crippen LogP contribution in [0, 0.1) is 10.8 Å². The van der Waals surface area contributed by atoms with Gasteiger partial charge in [0.2, 0.25) is 0 Å². The first-order valence-electron chi connectivity index (χ1n) is 2.53. The van der Waals surface area contributed by atoms with E-state index in [-0.39, 0.29) is 5.75 Å². The molecule has 1 aromatic carbocycles. The van der Waals surface area contributed by atoms with E-state index in [0.29, 0.717) is 5.69 Å². The Morgan fingerprint density at radius 1 is 1.30 bits per heavy atom. The summed E-state index contributed by atoms with van der Waals surface area (Å²) in [4.78, 5) is 0. The Labute approximate surface area is 58.3 Å². The molecule has 0 aliphatic carbocycles. The van der Waals surface area contributed by atoms with Gasteiger partial charge in [0.1, 0.15) is 5.75 Å². The van der Waals surface area contributed by atoms with Crippen molar-refractivity contribution in [2.45, 2.75) is 0 Å². The maximum atomic E-state index is 8.73. The van der Waals surface area contributed by atoms with Crippen LogP contribution in [0.15, 0.2) is 24.3 Å². The second-order valence-corrected chi connectivity index (χ2v) is 1.59. The van der Waals surface area contributed by atoms with Crippen LogP contribution in [0.2, 0.25) is 0 Å². The molecular formula is C6H7N3O. The highest BCUT2D eigenvalue weighted by Gasteiger charge is 1.83. The zero-order valence-corrected chi connectivity index (χ0v) is 5.23. The summed E-state index contributed by atoms with van der Waals surface area (Å²) in [5, 5.41) is 20.7. The fourth-order valence-electron chi connectivity index (χ4n) is 0.525. The van der Waals surface area contributed by atoms with E-state index in [9.17, 15) is 0 Å². The van der Waals surface area contributed by atoms with E-state index in [1.165, 1.54) is 6.07 Å². The van der Waals surface area contributed by atoms with E-state index in [1.54, 1.807) is 18.2 Å². The predicted octanol–water partition coefficient (Wildman–Crippen LogP) is 1.00. The van der Waals surface area contributed by atoms with E-state index in [2.05, 4.69) is 0 Å². The van der Waals surface area contributed by atoms with E-state index in [0.717, 1.165) is 0 Å². The van der Waals surface area contributed by atoms with Gasteiger partial charge in [-0.1, -0.05) is 6.07 Å². The van der Waals surface area contributed by atoms with Crippen LogP contribution in [0.25, 0.3) is 0 Å². The van der Waals surface area contributed by atoms with Crippen LogP contribution in [0.1, 0.15) is 0 Å². The van der Waals surface area contributed by atoms with E-state index in [1.807, 2.05) is 0 Å². The Kier molecular flexibility index (Phi) is 3.42. The minimum Gasteiger partial charge on any atom is -0.508 e. The number of nitrogen functional groups attached to an aromatic ring is 1. The highest BCUT2D eigenvalue weighted by atomic mass is 16.3. The van der Waals surface area contributed by atoms with Crippen molar-refractivity contribution in [1.29, 1.82) is 10.8 Å². The van der Waals surface area contributed by atoms with E-state index >= 15 is 0 Å². The summed E-state index contributed by atoms with van der Waals surface area (Å²) < 4.78 is 0. The van der Waals surface area contributed by atoms with Gasteiger partial charge in [-0.05, 0) is 12.1 Å². The Morgan fingerprint density at radius 3 is 2.20 bits per heavy atom. The summed E-state index contributed by atoms with van der Waals surface area (Å²) in [5.74, 6) is 0.213. The number of aromatic hydroxyl groups is 1. The first-order valence-corrected chi connectivity index (χ1v) is 2.53. The minimum absolute atomic E-state index is 0.213. The van der Waals surface area contributed by atoms with Gasteiger partial charge >= 0.3 is 0 Å². The third kappa shape index (κ3) is 2.52. The Bertz CT molecular complexity index is 204. The zero-order chi connectivity index (χ0) is 7.98. The average molecular weight is 137 g/mol. The molecule has 1 aromatic rings. The zero-order valence-electron chi connectivity index (χ0n) is 5.23. The number of nitrogens with two attached hydrogens (primary N) is 1. The van der Waals surface area contributed by atoms with Gasteiger partial charge in [0, 0.05) is 22.5 Å². The van der Waals surface area contributed by atoms with Gasteiger partial charge in [0.25, 0.3) is 0 Å². The van der Waals surface area contributed by atoms with Crippen LogP contribution in [0.4, 0.5) is 5.69 Å². The first kappa shape index (κ1) is 8.24. The number of rotatable bonds is 0. The molecule has 0 saturated heterocycles.